The van der Waals surface area contributed by atoms with Gasteiger partial charge in [0.2, 0.25) is 0 Å². The molecule has 0 aliphatic carbocycles. The number of aryl methyl sites for hydroxylation is 2. The van der Waals surface area contributed by atoms with Crippen molar-refractivity contribution in [3.05, 3.63) is 27.7 Å². The average molecular weight is 343 g/mol. The van der Waals surface area contributed by atoms with Gasteiger partial charge in [-0.15, -0.1) is 0 Å². The van der Waals surface area contributed by atoms with Gasteiger partial charge in [0.15, 0.2) is 11.8 Å². The molecule has 19 heavy (non-hydrogen) atoms. The Morgan fingerprint density at radius 3 is 2.95 bits per heavy atom. The van der Waals surface area contributed by atoms with Crippen LogP contribution in [0.4, 0.5) is 0 Å². The van der Waals surface area contributed by atoms with Gasteiger partial charge in [-0.2, -0.15) is 0 Å². The summed E-state index contributed by atoms with van der Waals surface area (Å²) < 4.78 is 6.44. The van der Waals surface area contributed by atoms with Crippen LogP contribution in [0.15, 0.2) is 21.6 Å². The summed E-state index contributed by atoms with van der Waals surface area (Å²) in [4.78, 5) is 15.9. The lowest BCUT2D eigenvalue weighted by atomic mass is 10.1. The maximum atomic E-state index is 11.7. The lowest BCUT2D eigenvalue weighted by Gasteiger charge is -2.12. The summed E-state index contributed by atoms with van der Waals surface area (Å²) in [5.41, 5.74) is 2.16. The molecular formula is C13H15BrN2O2S. The molecule has 0 saturated carbocycles. The van der Waals surface area contributed by atoms with Crippen molar-refractivity contribution < 1.29 is 9.53 Å². The van der Waals surface area contributed by atoms with E-state index in [1.165, 1.54) is 0 Å². The smallest absolute Gasteiger partial charge is 0.263 e. The van der Waals surface area contributed by atoms with Crippen LogP contribution in [0.2, 0.25) is 0 Å². The van der Waals surface area contributed by atoms with Gasteiger partial charge in [-0.1, -0.05) is 17.8 Å². The lowest BCUT2D eigenvalue weighted by Crippen LogP contribution is -2.32. The number of hydrogen-bond donors (Lipinski definition) is 1. The molecule has 1 aromatic carbocycles. The summed E-state index contributed by atoms with van der Waals surface area (Å²) in [5.74, 6) is 1.46. The summed E-state index contributed by atoms with van der Waals surface area (Å²) in [6, 6.07) is 3.99. The maximum Gasteiger partial charge on any atom is 0.263 e. The second kappa shape index (κ2) is 6.43. The van der Waals surface area contributed by atoms with Crippen LogP contribution in [0.5, 0.6) is 5.75 Å². The van der Waals surface area contributed by atoms with E-state index in [2.05, 4.69) is 26.2 Å². The number of halogens is 1. The fourth-order valence-corrected chi connectivity index (χ4v) is 3.32. The fraction of sp³-hybridized carbons (Fsp3) is 0.385. The van der Waals surface area contributed by atoms with Crippen molar-refractivity contribution in [2.75, 3.05) is 18.9 Å². The van der Waals surface area contributed by atoms with E-state index < -0.39 is 0 Å². The Hall–Kier alpha value is -1.01. The second-order valence-electron chi connectivity index (χ2n) is 4.26. The molecule has 1 amide bonds. The first kappa shape index (κ1) is 14.4. The van der Waals surface area contributed by atoms with Crippen LogP contribution in [0.3, 0.4) is 0 Å². The minimum Gasteiger partial charge on any atom is -0.482 e. The molecule has 1 heterocycles. The molecule has 0 aromatic heterocycles. The SMILES string of the molecule is Cc1cc(C)c(OCC(=O)NC2=NCCS2)c(Br)c1. The zero-order valence-electron chi connectivity index (χ0n) is 10.8. The molecule has 2 rings (SSSR count). The highest BCUT2D eigenvalue weighted by Crippen LogP contribution is 2.30. The van der Waals surface area contributed by atoms with E-state index in [4.69, 9.17) is 4.74 Å². The number of carbonyl (C=O) groups excluding carboxylic acids is 1. The number of carbonyl (C=O) groups is 1. The molecule has 102 valence electrons. The molecule has 6 heteroatoms. The molecule has 1 aliphatic rings. The monoisotopic (exact) mass is 342 g/mol. The van der Waals surface area contributed by atoms with Crippen LogP contribution in [0.25, 0.3) is 0 Å². The zero-order valence-corrected chi connectivity index (χ0v) is 13.2. The van der Waals surface area contributed by atoms with E-state index >= 15 is 0 Å². The Kier molecular flexibility index (Phi) is 4.87. The molecule has 1 aliphatic heterocycles. The zero-order chi connectivity index (χ0) is 13.8. The molecule has 0 radical (unpaired) electrons. The number of amides is 1. The summed E-state index contributed by atoms with van der Waals surface area (Å²) >= 11 is 5.01. The Bertz CT molecular complexity index is 508. The van der Waals surface area contributed by atoms with Crippen LogP contribution in [-0.2, 0) is 4.79 Å². The lowest BCUT2D eigenvalue weighted by molar-refractivity contribution is -0.121. The molecule has 0 atom stereocenters. The van der Waals surface area contributed by atoms with Crippen molar-refractivity contribution in [2.45, 2.75) is 13.8 Å². The highest BCUT2D eigenvalue weighted by Gasteiger charge is 2.13. The Morgan fingerprint density at radius 2 is 2.32 bits per heavy atom. The first-order valence-electron chi connectivity index (χ1n) is 5.93. The number of ether oxygens (including phenoxy) is 1. The number of aliphatic imine (C=N–C) groups is 1. The highest BCUT2D eigenvalue weighted by atomic mass is 79.9. The summed E-state index contributed by atoms with van der Waals surface area (Å²) in [5, 5.41) is 3.42. The van der Waals surface area contributed by atoms with Crippen molar-refractivity contribution in [1.29, 1.82) is 0 Å². The molecule has 0 saturated heterocycles. The number of benzene rings is 1. The highest BCUT2D eigenvalue weighted by molar-refractivity contribution is 9.10. The largest absolute Gasteiger partial charge is 0.482 e. The van der Waals surface area contributed by atoms with Gasteiger partial charge in [0.25, 0.3) is 5.91 Å². The van der Waals surface area contributed by atoms with E-state index in [0.717, 1.165) is 27.9 Å². The maximum absolute atomic E-state index is 11.7. The van der Waals surface area contributed by atoms with Gasteiger partial charge in [-0.25, -0.2) is 0 Å². The van der Waals surface area contributed by atoms with Crippen LogP contribution in [-0.4, -0.2) is 30.0 Å². The van der Waals surface area contributed by atoms with E-state index in [9.17, 15) is 4.79 Å². The quantitative estimate of drug-likeness (QED) is 0.918. The van der Waals surface area contributed by atoms with Crippen LogP contribution < -0.4 is 10.1 Å². The molecule has 0 unspecified atom stereocenters. The number of nitrogens with one attached hydrogen (secondary N) is 1. The van der Waals surface area contributed by atoms with Crippen LogP contribution >= 0.6 is 27.7 Å². The summed E-state index contributed by atoms with van der Waals surface area (Å²) in [7, 11) is 0. The molecule has 0 bridgehead atoms. The number of rotatable bonds is 3. The predicted octanol–water partition coefficient (Wildman–Crippen LogP) is 2.66. The molecule has 4 nitrogen and oxygen atoms in total. The number of nitrogens with zero attached hydrogens (tertiary/aromatic N) is 1. The molecule has 1 N–H and O–H groups in total. The van der Waals surface area contributed by atoms with Crippen molar-refractivity contribution >= 4 is 38.8 Å². The number of hydrogen-bond acceptors (Lipinski definition) is 4. The van der Waals surface area contributed by atoms with E-state index in [-0.39, 0.29) is 12.5 Å². The average Bonchev–Trinajstić information content (AvgIpc) is 2.80. The fourth-order valence-electron chi connectivity index (χ4n) is 1.79. The Balaban J connectivity index is 1.93. The minimum atomic E-state index is -0.181. The number of amidine groups is 1. The van der Waals surface area contributed by atoms with Gasteiger partial charge < -0.3 is 10.1 Å². The van der Waals surface area contributed by atoms with E-state index in [1.807, 2.05) is 26.0 Å². The van der Waals surface area contributed by atoms with Gasteiger partial charge in [-0.05, 0) is 47.0 Å². The first-order valence-corrected chi connectivity index (χ1v) is 7.71. The topological polar surface area (TPSA) is 50.7 Å². The Labute approximate surface area is 125 Å². The van der Waals surface area contributed by atoms with Gasteiger partial charge >= 0.3 is 0 Å². The van der Waals surface area contributed by atoms with Crippen molar-refractivity contribution in [2.24, 2.45) is 4.99 Å². The summed E-state index contributed by atoms with van der Waals surface area (Å²) in [6.45, 7) is 4.73. The second-order valence-corrected chi connectivity index (χ2v) is 6.20. The van der Waals surface area contributed by atoms with Crippen LogP contribution in [0.1, 0.15) is 11.1 Å². The third kappa shape index (κ3) is 3.98. The normalized spacial score (nSPS) is 14.2. The van der Waals surface area contributed by atoms with Crippen LogP contribution in [0, 0.1) is 13.8 Å². The van der Waals surface area contributed by atoms with Gasteiger partial charge in [0.05, 0.1) is 11.0 Å². The van der Waals surface area contributed by atoms with E-state index in [0.29, 0.717) is 10.9 Å². The first-order chi connectivity index (χ1) is 9.06. The Morgan fingerprint density at radius 1 is 1.53 bits per heavy atom. The van der Waals surface area contributed by atoms with E-state index in [1.54, 1.807) is 11.8 Å². The van der Waals surface area contributed by atoms with Crippen molar-refractivity contribution in [3.63, 3.8) is 0 Å². The standard InChI is InChI=1S/C13H15BrN2O2S/c1-8-5-9(2)12(10(14)6-8)18-7-11(17)16-13-15-3-4-19-13/h5-6H,3-4,7H2,1-2H3,(H,15,16,17). The third-order valence-corrected chi connectivity index (χ3v) is 4.03. The van der Waals surface area contributed by atoms with Gasteiger partial charge in [0, 0.05) is 5.75 Å². The molecule has 0 fully saturated rings. The molecule has 1 aromatic rings. The minimum absolute atomic E-state index is 0.0118. The van der Waals surface area contributed by atoms with Gasteiger partial charge in [0.1, 0.15) is 5.75 Å². The van der Waals surface area contributed by atoms with Crippen molar-refractivity contribution in [3.8, 4) is 5.75 Å². The predicted molar refractivity (Wildman–Crippen MR) is 82.0 cm³/mol. The molecular weight excluding hydrogens is 328 g/mol. The van der Waals surface area contributed by atoms with Gasteiger partial charge in [-0.3, -0.25) is 9.79 Å². The number of thioether (sulfide) groups is 1. The summed E-state index contributed by atoms with van der Waals surface area (Å²) in [6.07, 6.45) is 0. The third-order valence-electron chi connectivity index (χ3n) is 2.55. The molecule has 0 spiro atoms. The van der Waals surface area contributed by atoms with Crippen molar-refractivity contribution in [1.82, 2.24) is 5.32 Å².